The number of nitrogens with zero attached hydrogens (tertiary/aromatic N) is 1. The van der Waals surface area contributed by atoms with Crippen molar-refractivity contribution in [2.75, 3.05) is 0 Å². The molecule has 0 aromatic heterocycles. The van der Waals surface area contributed by atoms with Crippen molar-refractivity contribution in [3.63, 3.8) is 0 Å². The number of rotatable bonds is 4. The average Bonchev–Trinajstić information content (AvgIpc) is 2.27. The van der Waals surface area contributed by atoms with Crippen molar-refractivity contribution in [1.29, 1.82) is 0 Å². The second kappa shape index (κ2) is 5.26. The number of nitrogens with one attached hydrogen (secondary N) is 1. The Kier molecular flexibility index (Phi) is 4.32. The molecule has 0 aliphatic heterocycles. The normalized spacial score (nSPS) is 14.1. The van der Waals surface area contributed by atoms with Crippen molar-refractivity contribution >= 4 is 15.7 Å². The minimum Gasteiger partial charge on any atom is -0.258 e. The maximum atomic E-state index is 12.2. The van der Waals surface area contributed by atoms with E-state index in [1.165, 1.54) is 24.3 Å². The Labute approximate surface area is 113 Å². The molecule has 0 heterocycles. The van der Waals surface area contributed by atoms with Gasteiger partial charge in [-0.1, -0.05) is 32.9 Å². The second-order valence-corrected chi connectivity index (χ2v) is 7.12. The summed E-state index contributed by atoms with van der Waals surface area (Å²) in [5, 5.41) is 10.9. The number of hydrogen-bond acceptors (Lipinski definition) is 4. The van der Waals surface area contributed by atoms with E-state index >= 15 is 0 Å². The van der Waals surface area contributed by atoms with E-state index in [0.717, 1.165) is 0 Å². The van der Waals surface area contributed by atoms with E-state index in [1.807, 2.05) is 20.8 Å². The molecule has 0 saturated heterocycles. The lowest BCUT2D eigenvalue weighted by Crippen LogP contribution is -2.41. The van der Waals surface area contributed by atoms with E-state index in [4.69, 9.17) is 0 Å². The van der Waals surface area contributed by atoms with E-state index in [1.54, 1.807) is 6.92 Å². The molecule has 0 fully saturated rings. The first-order chi connectivity index (χ1) is 8.55. The van der Waals surface area contributed by atoms with Crippen LogP contribution in [-0.4, -0.2) is 19.4 Å². The van der Waals surface area contributed by atoms with E-state index < -0.39 is 20.6 Å². The van der Waals surface area contributed by atoms with Gasteiger partial charge >= 0.3 is 0 Å². The molecule has 1 N–H and O–H groups in total. The van der Waals surface area contributed by atoms with Crippen molar-refractivity contribution in [3.05, 3.63) is 34.4 Å². The topological polar surface area (TPSA) is 89.3 Å². The number of sulfonamides is 1. The van der Waals surface area contributed by atoms with Crippen molar-refractivity contribution in [3.8, 4) is 0 Å². The van der Waals surface area contributed by atoms with Gasteiger partial charge in [0.2, 0.25) is 10.0 Å². The first-order valence-electron chi connectivity index (χ1n) is 5.81. The van der Waals surface area contributed by atoms with Gasteiger partial charge in [-0.05, 0) is 18.4 Å². The first-order valence-corrected chi connectivity index (χ1v) is 7.30. The smallest absolute Gasteiger partial charge is 0.258 e. The summed E-state index contributed by atoms with van der Waals surface area (Å²) in [6.07, 6.45) is 0. The molecule has 0 radical (unpaired) electrons. The van der Waals surface area contributed by atoms with Crippen LogP contribution < -0.4 is 4.72 Å². The van der Waals surface area contributed by atoms with Crippen LogP contribution in [0.5, 0.6) is 0 Å². The van der Waals surface area contributed by atoms with Gasteiger partial charge in [0.05, 0.1) is 4.92 Å². The SMILES string of the molecule is C[C@H](NS(=O)(=O)c1ccccc1[N+](=O)[O-])C(C)(C)C. The molecule has 0 unspecified atom stereocenters. The van der Waals surface area contributed by atoms with Crippen molar-refractivity contribution in [2.24, 2.45) is 5.41 Å². The lowest BCUT2D eigenvalue weighted by Gasteiger charge is -2.27. The molecule has 0 amide bonds. The van der Waals surface area contributed by atoms with E-state index in [0.29, 0.717) is 0 Å². The lowest BCUT2D eigenvalue weighted by atomic mass is 9.89. The largest absolute Gasteiger partial charge is 0.289 e. The molecule has 0 aliphatic rings. The van der Waals surface area contributed by atoms with Crippen molar-refractivity contribution in [1.82, 2.24) is 4.72 Å². The molecule has 0 bridgehead atoms. The standard InChI is InChI=1S/C12H18N2O4S/c1-9(12(2,3)4)13-19(17,18)11-8-6-5-7-10(11)14(15)16/h5-9,13H,1-4H3/t9-/m0/s1. The second-order valence-electron chi connectivity index (χ2n) is 5.43. The van der Waals surface area contributed by atoms with Crippen LogP contribution in [0.25, 0.3) is 0 Å². The Morgan fingerprint density at radius 3 is 2.26 bits per heavy atom. The Morgan fingerprint density at radius 1 is 1.26 bits per heavy atom. The van der Waals surface area contributed by atoms with Crippen LogP contribution in [0.1, 0.15) is 27.7 Å². The minimum absolute atomic E-state index is 0.281. The quantitative estimate of drug-likeness (QED) is 0.679. The fourth-order valence-electron chi connectivity index (χ4n) is 1.31. The third-order valence-electron chi connectivity index (χ3n) is 2.98. The number of para-hydroxylation sites is 1. The van der Waals surface area contributed by atoms with Gasteiger partial charge in [0.1, 0.15) is 0 Å². The van der Waals surface area contributed by atoms with Crippen LogP contribution in [-0.2, 0) is 10.0 Å². The number of benzene rings is 1. The molecule has 106 valence electrons. The highest BCUT2D eigenvalue weighted by Gasteiger charge is 2.30. The van der Waals surface area contributed by atoms with Gasteiger partial charge in [-0.3, -0.25) is 10.1 Å². The third kappa shape index (κ3) is 3.74. The zero-order valence-electron chi connectivity index (χ0n) is 11.4. The van der Waals surface area contributed by atoms with E-state index in [-0.39, 0.29) is 16.4 Å². The van der Waals surface area contributed by atoms with E-state index in [2.05, 4.69) is 4.72 Å². The van der Waals surface area contributed by atoms with Crippen LogP contribution in [0.4, 0.5) is 5.69 Å². The van der Waals surface area contributed by atoms with Gasteiger partial charge in [0.25, 0.3) is 5.69 Å². The lowest BCUT2D eigenvalue weighted by molar-refractivity contribution is -0.387. The fourth-order valence-corrected chi connectivity index (χ4v) is 2.93. The molecule has 7 heteroatoms. The summed E-state index contributed by atoms with van der Waals surface area (Å²) >= 11 is 0. The summed E-state index contributed by atoms with van der Waals surface area (Å²) in [6.45, 7) is 7.39. The highest BCUT2D eigenvalue weighted by atomic mass is 32.2. The third-order valence-corrected chi connectivity index (χ3v) is 4.57. The highest BCUT2D eigenvalue weighted by Crippen LogP contribution is 2.25. The Hall–Kier alpha value is -1.47. The molecule has 0 saturated carbocycles. The average molecular weight is 286 g/mol. The zero-order valence-corrected chi connectivity index (χ0v) is 12.2. The Bertz CT molecular complexity index is 576. The molecule has 19 heavy (non-hydrogen) atoms. The molecule has 1 rings (SSSR count). The van der Waals surface area contributed by atoms with Crippen molar-refractivity contribution < 1.29 is 13.3 Å². The molecule has 0 aliphatic carbocycles. The van der Waals surface area contributed by atoms with Gasteiger partial charge in [-0.25, -0.2) is 13.1 Å². The molecular formula is C12H18N2O4S. The molecule has 1 aromatic carbocycles. The van der Waals surface area contributed by atoms with Gasteiger partial charge in [-0.2, -0.15) is 0 Å². The molecule has 1 aromatic rings. The fraction of sp³-hybridized carbons (Fsp3) is 0.500. The summed E-state index contributed by atoms with van der Waals surface area (Å²) in [4.78, 5) is 9.86. The molecule has 6 nitrogen and oxygen atoms in total. The summed E-state index contributed by atoms with van der Waals surface area (Å²) in [7, 11) is -3.91. The Morgan fingerprint density at radius 2 is 1.79 bits per heavy atom. The monoisotopic (exact) mass is 286 g/mol. The zero-order chi connectivity index (χ0) is 14.8. The summed E-state index contributed by atoms with van der Waals surface area (Å²) in [6, 6.07) is 4.96. The van der Waals surface area contributed by atoms with Crippen molar-refractivity contribution in [2.45, 2.75) is 38.6 Å². The predicted molar refractivity (Wildman–Crippen MR) is 72.3 cm³/mol. The van der Waals surface area contributed by atoms with Gasteiger partial charge in [-0.15, -0.1) is 0 Å². The van der Waals surface area contributed by atoms with Gasteiger partial charge in [0, 0.05) is 12.1 Å². The van der Waals surface area contributed by atoms with Crippen LogP contribution >= 0.6 is 0 Å². The number of nitro groups is 1. The summed E-state index contributed by atoms with van der Waals surface area (Å²) in [5.41, 5.74) is -0.701. The number of hydrogen-bond donors (Lipinski definition) is 1. The maximum Gasteiger partial charge on any atom is 0.289 e. The number of nitro benzene ring substituents is 1. The minimum atomic E-state index is -3.91. The maximum absolute atomic E-state index is 12.2. The first kappa shape index (κ1) is 15.6. The molecular weight excluding hydrogens is 268 g/mol. The Balaban J connectivity index is 3.19. The predicted octanol–water partition coefficient (Wildman–Crippen LogP) is 2.31. The van der Waals surface area contributed by atoms with Gasteiger partial charge in [0.15, 0.2) is 4.90 Å². The van der Waals surface area contributed by atoms with Crippen LogP contribution in [0, 0.1) is 15.5 Å². The summed E-state index contributed by atoms with van der Waals surface area (Å²) in [5.74, 6) is 0. The van der Waals surface area contributed by atoms with Crippen LogP contribution in [0.15, 0.2) is 29.2 Å². The van der Waals surface area contributed by atoms with E-state index in [9.17, 15) is 18.5 Å². The highest BCUT2D eigenvalue weighted by molar-refractivity contribution is 7.89. The van der Waals surface area contributed by atoms with Crippen LogP contribution in [0.2, 0.25) is 0 Å². The summed E-state index contributed by atoms with van der Waals surface area (Å²) < 4.78 is 26.9. The molecule has 0 spiro atoms. The van der Waals surface area contributed by atoms with Gasteiger partial charge < -0.3 is 0 Å². The molecule has 1 atom stereocenters. The van der Waals surface area contributed by atoms with Crippen LogP contribution in [0.3, 0.4) is 0 Å².